The van der Waals surface area contributed by atoms with Gasteiger partial charge in [0.2, 0.25) is 15.9 Å². The van der Waals surface area contributed by atoms with Crippen molar-refractivity contribution in [3.63, 3.8) is 0 Å². The minimum atomic E-state index is -3.88. The van der Waals surface area contributed by atoms with E-state index in [0.29, 0.717) is 10.4 Å². The second-order valence-electron chi connectivity index (χ2n) is 3.64. The van der Waals surface area contributed by atoms with Crippen LogP contribution in [0.3, 0.4) is 0 Å². The van der Waals surface area contributed by atoms with Crippen molar-refractivity contribution in [2.75, 3.05) is 0 Å². The van der Waals surface area contributed by atoms with Crippen LogP contribution < -0.4 is 9.88 Å². The van der Waals surface area contributed by atoms with Crippen LogP contribution in [-0.2, 0) is 16.6 Å². The Morgan fingerprint density at radius 2 is 2.16 bits per heavy atom. The summed E-state index contributed by atoms with van der Waals surface area (Å²) in [7, 11) is -3.88. The maximum Gasteiger partial charge on any atom is 0.253 e. The average Bonchev–Trinajstić information content (AvgIpc) is 2.72. The molecule has 0 aliphatic rings. The van der Waals surface area contributed by atoms with Crippen LogP contribution in [0, 0.1) is 6.92 Å². The Hall–Kier alpha value is -1.45. The Balaban J connectivity index is 2.25. The molecule has 0 atom stereocenters. The van der Waals surface area contributed by atoms with Gasteiger partial charge in [-0.3, -0.25) is 0 Å². The average molecular weight is 348 g/mol. The van der Waals surface area contributed by atoms with Crippen molar-refractivity contribution in [3.05, 3.63) is 34.5 Å². The zero-order valence-electron chi connectivity index (χ0n) is 9.83. The summed E-state index contributed by atoms with van der Waals surface area (Å²) < 4.78 is 33.9. The topological polar surface area (TPSA) is 108 Å². The molecule has 0 bridgehead atoms. The molecular weight excluding hydrogens is 338 g/mol. The Morgan fingerprint density at radius 1 is 1.42 bits per heavy atom. The summed E-state index contributed by atoms with van der Waals surface area (Å²) in [5.74, 6) is 0.781. The highest BCUT2D eigenvalue weighted by atomic mass is 79.9. The number of hydrogen-bond donors (Lipinski definition) is 1. The standard InChI is InChI=1S/C10H10BrN3O4S/c1-6-13-14-10(18-6)5-17-8-3-2-7(11)4-9(8)19(12,15)16/h2-4H,5H2,1H3,(H2,12,15,16). The van der Waals surface area contributed by atoms with Gasteiger partial charge in [-0.15, -0.1) is 10.2 Å². The largest absolute Gasteiger partial charge is 0.482 e. The maximum atomic E-state index is 11.4. The van der Waals surface area contributed by atoms with E-state index in [9.17, 15) is 8.42 Å². The molecule has 0 fully saturated rings. The number of nitrogens with zero attached hydrogens (tertiary/aromatic N) is 2. The van der Waals surface area contributed by atoms with E-state index in [1.807, 2.05) is 0 Å². The van der Waals surface area contributed by atoms with Crippen molar-refractivity contribution < 1.29 is 17.6 Å². The van der Waals surface area contributed by atoms with E-state index in [1.54, 1.807) is 13.0 Å². The molecule has 0 saturated carbocycles. The van der Waals surface area contributed by atoms with Crippen molar-refractivity contribution in [1.82, 2.24) is 10.2 Å². The molecule has 0 amide bonds. The maximum absolute atomic E-state index is 11.4. The summed E-state index contributed by atoms with van der Waals surface area (Å²) in [6, 6.07) is 4.50. The zero-order chi connectivity index (χ0) is 14.0. The molecule has 19 heavy (non-hydrogen) atoms. The minimum absolute atomic E-state index is 0.0367. The Morgan fingerprint density at radius 3 is 2.74 bits per heavy atom. The van der Waals surface area contributed by atoms with Crippen LogP contribution in [0.25, 0.3) is 0 Å². The molecule has 1 aromatic heterocycles. The van der Waals surface area contributed by atoms with Crippen LogP contribution in [0.1, 0.15) is 11.8 Å². The number of sulfonamides is 1. The van der Waals surface area contributed by atoms with Gasteiger partial charge < -0.3 is 9.15 Å². The van der Waals surface area contributed by atoms with Gasteiger partial charge >= 0.3 is 0 Å². The molecule has 102 valence electrons. The molecule has 0 spiro atoms. The lowest BCUT2D eigenvalue weighted by molar-refractivity contribution is 0.254. The molecule has 7 nitrogen and oxygen atoms in total. The summed E-state index contributed by atoms with van der Waals surface area (Å²) in [4.78, 5) is -0.113. The lowest BCUT2D eigenvalue weighted by atomic mass is 10.3. The summed E-state index contributed by atoms with van der Waals surface area (Å²) in [5.41, 5.74) is 0. The second-order valence-corrected chi connectivity index (χ2v) is 6.09. The number of primary sulfonamides is 1. The predicted octanol–water partition coefficient (Wildman–Crippen LogP) is 1.37. The van der Waals surface area contributed by atoms with E-state index in [2.05, 4.69) is 26.1 Å². The van der Waals surface area contributed by atoms with E-state index in [1.165, 1.54) is 12.1 Å². The minimum Gasteiger partial charge on any atom is -0.482 e. The van der Waals surface area contributed by atoms with E-state index < -0.39 is 10.0 Å². The number of halogens is 1. The molecule has 2 aromatic rings. The molecule has 2 N–H and O–H groups in total. The summed E-state index contributed by atoms with van der Waals surface area (Å²) in [5, 5.41) is 12.5. The van der Waals surface area contributed by atoms with Gasteiger partial charge in [0.25, 0.3) is 5.89 Å². The third-order valence-corrected chi connectivity index (χ3v) is 3.56. The number of nitrogens with two attached hydrogens (primary N) is 1. The van der Waals surface area contributed by atoms with E-state index in [-0.39, 0.29) is 23.1 Å². The van der Waals surface area contributed by atoms with Gasteiger partial charge in [-0.1, -0.05) is 15.9 Å². The van der Waals surface area contributed by atoms with Gasteiger partial charge in [0, 0.05) is 11.4 Å². The van der Waals surface area contributed by atoms with Gasteiger partial charge in [0.1, 0.15) is 10.6 Å². The fourth-order valence-corrected chi connectivity index (χ4v) is 2.57. The monoisotopic (exact) mass is 347 g/mol. The zero-order valence-corrected chi connectivity index (χ0v) is 12.2. The molecule has 1 heterocycles. The molecule has 0 aliphatic heterocycles. The molecule has 0 radical (unpaired) electrons. The second kappa shape index (κ2) is 5.27. The molecule has 0 saturated heterocycles. The lowest BCUT2D eigenvalue weighted by Gasteiger charge is -2.08. The van der Waals surface area contributed by atoms with Gasteiger partial charge in [0.15, 0.2) is 6.61 Å². The van der Waals surface area contributed by atoms with E-state index >= 15 is 0 Å². The van der Waals surface area contributed by atoms with Gasteiger partial charge in [0.05, 0.1) is 0 Å². The number of benzene rings is 1. The first-order valence-electron chi connectivity index (χ1n) is 5.10. The van der Waals surface area contributed by atoms with Crippen LogP contribution in [0.15, 0.2) is 32.0 Å². The van der Waals surface area contributed by atoms with E-state index in [4.69, 9.17) is 14.3 Å². The molecule has 0 aliphatic carbocycles. The highest BCUT2D eigenvalue weighted by molar-refractivity contribution is 9.10. The van der Waals surface area contributed by atoms with Gasteiger partial charge in [-0.2, -0.15) is 0 Å². The number of rotatable bonds is 4. The molecule has 1 aromatic carbocycles. The quantitative estimate of drug-likeness (QED) is 0.894. The third-order valence-electron chi connectivity index (χ3n) is 2.13. The van der Waals surface area contributed by atoms with Crippen LogP contribution in [0.4, 0.5) is 0 Å². The first-order valence-corrected chi connectivity index (χ1v) is 7.44. The summed E-state index contributed by atoms with van der Waals surface area (Å²) >= 11 is 3.17. The Labute approximate surface area is 118 Å². The number of ether oxygens (including phenoxy) is 1. The van der Waals surface area contributed by atoms with Crippen molar-refractivity contribution in [2.45, 2.75) is 18.4 Å². The number of aromatic nitrogens is 2. The van der Waals surface area contributed by atoms with Crippen molar-refractivity contribution in [2.24, 2.45) is 5.14 Å². The van der Waals surface area contributed by atoms with Crippen molar-refractivity contribution in [3.8, 4) is 5.75 Å². The predicted molar refractivity (Wildman–Crippen MR) is 68.9 cm³/mol. The first-order chi connectivity index (χ1) is 8.86. The van der Waals surface area contributed by atoms with E-state index in [0.717, 1.165) is 0 Å². The van der Waals surface area contributed by atoms with Gasteiger partial charge in [-0.05, 0) is 18.2 Å². The van der Waals surface area contributed by atoms with Gasteiger partial charge in [-0.25, -0.2) is 13.6 Å². The number of hydrogen-bond acceptors (Lipinski definition) is 6. The molecular formula is C10H10BrN3O4S. The molecule has 2 rings (SSSR count). The normalized spacial score (nSPS) is 11.5. The number of aryl methyl sites for hydroxylation is 1. The van der Waals surface area contributed by atoms with Crippen LogP contribution in [0.2, 0.25) is 0 Å². The smallest absolute Gasteiger partial charge is 0.253 e. The Bertz CT molecular complexity index is 699. The third kappa shape index (κ3) is 3.52. The van der Waals surface area contributed by atoms with Crippen LogP contribution in [0.5, 0.6) is 5.75 Å². The summed E-state index contributed by atoms with van der Waals surface area (Å²) in [6.45, 7) is 1.61. The SMILES string of the molecule is Cc1nnc(COc2ccc(Br)cc2S(N)(=O)=O)o1. The van der Waals surface area contributed by atoms with Crippen molar-refractivity contribution in [1.29, 1.82) is 0 Å². The Kier molecular flexibility index (Phi) is 3.88. The highest BCUT2D eigenvalue weighted by Crippen LogP contribution is 2.27. The molecule has 9 heteroatoms. The fourth-order valence-electron chi connectivity index (χ4n) is 1.36. The molecule has 0 unspecified atom stereocenters. The fraction of sp³-hybridized carbons (Fsp3) is 0.200. The highest BCUT2D eigenvalue weighted by Gasteiger charge is 2.16. The van der Waals surface area contributed by atoms with Crippen LogP contribution in [-0.4, -0.2) is 18.6 Å². The van der Waals surface area contributed by atoms with Crippen molar-refractivity contribution >= 4 is 26.0 Å². The van der Waals surface area contributed by atoms with Crippen LogP contribution >= 0.6 is 15.9 Å². The lowest BCUT2D eigenvalue weighted by Crippen LogP contribution is -2.14. The first kappa shape index (κ1) is 14.0. The summed E-state index contributed by atoms with van der Waals surface area (Å²) in [6.07, 6.45) is 0.